The molecule has 0 aromatic rings. The van der Waals surface area contributed by atoms with Crippen LogP contribution in [-0.2, 0) is 14.3 Å². The first-order valence-corrected chi connectivity index (χ1v) is 7.13. The van der Waals surface area contributed by atoms with Crippen LogP contribution in [0.3, 0.4) is 0 Å². The van der Waals surface area contributed by atoms with Gasteiger partial charge in [-0.25, -0.2) is 0 Å². The summed E-state index contributed by atoms with van der Waals surface area (Å²) in [6, 6.07) is -0.253. The minimum absolute atomic E-state index is 0. The van der Waals surface area contributed by atoms with E-state index in [1.54, 1.807) is 7.11 Å². The van der Waals surface area contributed by atoms with Gasteiger partial charge in [-0.05, 0) is 25.2 Å². The number of rotatable bonds is 4. The molecule has 1 aliphatic heterocycles. The molecule has 2 aliphatic rings. The quantitative estimate of drug-likeness (QED) is 0.815. The third kappa shape index (κ3) is 3.45. The number of carbonyl (C=O) groups excluding carboxylic acids is 1. The largest absolute Gasteiger partial charge is 0.381 e. The molecule has 1 amide bonds. The number of hydrogen-bond acceptors (Lipinski definition) is 4. The third-order valence-corrected chi connectivity index (χ3v) is 4.86. The summed E-state index contributed by atoms with van der Waals surface area (Å²) in [6.45, 7) is 5.67. The minimum Gasteiger partial charge on any atom is -0.381 e. The van der Waals surface area contributed by atoms with Crippen molar-refractivity contribution in [2.45, 2.75) is 51.3 Å². The van der Waals surface area contributed by atoms with E-state index in [-0.39, 0.29) is 41.8 Å². The molecule has 1 saturated carbocycles. The van der Waals surface area contributed by atoms with Crippen LogP contribution >= 0.6 is 12.4 Å². The lowest BCUT2D eigenvalue weighted by atomic mass is 9.64. The Hall–Kier alpha value is -0.360. The standard InChI is InChI=1S/C14H26N2O3.ClH/c1-14(2)10(8-11(14)18-3)16-13(17)12(15)9-4-6-19-7-5-9;/h9-12H,4-8,15H2,1-3H3,(H,16,17);1H. The van der Waals surface area contributed by atoms with Crippen molar-refractivity contribution < 1.29 is 14.3 Å². The number of hydrogen-bond donors (Lipinski definition) is 2. The van der Waals surface area contributed by atoms with Gasteiger partial charge in [0.1, 0.15) is 0 Å². The van der Waals surface area contributed by atoms with E-state index in [0.29, 0.717) is 13.2 Å². The predicted octanol–water partition coefficient (Wildman–Crippen LogP) is 1.09. The van der Waals surface area contributed by atoms with Gasteiger partial charge in [0.2, 0.25) is 5.91 Å². The second kappa shape index (κ2) is 7.07. The second-order valence-corrected chi connectivity index (χ2v) is 6.32. The van der Waals surface area contributed by atoms with Crippen LogP contribution in [0.4, 0.5) is 0 Å². The molecule has 0 aromatic carbocycles. The van der Waals surface area contributed by atoms with Gasteiger partial charge < -0.3 is 20.5 Å². The van der Waals surface area contributed by atoms with Gasteiger partial charge in [0.05, 0.1) is 12.1 Å². The Balaban J connectivity index is 0.00000200. The Morgan fingerprint density at radius 2 is 2.00 bits per heavy atom. The van der Waals surface area contributed by atoms with Gasteiger partial charge in [-0.1, -0.05) is 13.8 Å². The van der Waals surface area contributed by atoms with Crippen LogP contribution in [-0.4, -0.2) is 44.4 Å². The van der Waals surface area contributed by atoms with Crippen LogP contribution < -0.4 is 11.1 Å². The summed E-state index contributed by atoms with van der Waals surface area (Å²) in [7, 11) is 1.72. The highest BCUT2D eigenvalue weighted by Gasteiger charge is 2.49. The number of nitrogens with one attached hydrogen (secondary N) is 1. The van der Waals surface area contributed by atoms with Crippen molar-refractivity contribution >= 4 is 18.3 Å². The number of amides is 1. The maximum absolute atomic E-state index is 12.2. The van der Waals surface area contributed by atoms with Crippen molar-refractivity contribution in [1.29, 1.82) is 0 Å². The first-order chi connectivity index (χ1) is 8.96. The lowest BCUT2D eigenvalue weighted by molar-refractivity contribution is -0.135. The van der Waals surface area contributed by atoms with Gasteiger partial charge in [0.15, 0.2) is 0 Å². The molecule has 5 nitrogen and oxygen atoms in total. The topological polar surface area (TPSA) is 73.6 Å². The van der Waals surface area contributed by atoms with Crippen molar-refractivity contribution in [3.05, 3.63) is 0 Å². The maximum atomic E-state index is 12.2. The van der Waals surface area contributed by atoms with Crippen LogP contribution in [0.5, 0.6) is 0 Å². The molecule has 20 heavy (non-hydrogen) atoms. The van der Waals surface area contributed by atoms with Crippen LogP contribution in [0.2, 0.25) is 0 Å². The van der Waals surface area contributed by atoms with Crippen molar-refractivity contribution in [3.63, 3.8) is 0 Å². The Kier molecular flexibility index (Phi) is 6.25. The number of nitrogens with two attached hydrogens (primary N) is 1. The van der Waals surface area contributed by atoms with E-state index in [0.717, 1.165) is 19.3 Å². The molecule has 3 atom stereocenters. The lowest BCUT2D eigenvalue weighted by Crippen LogP contribution is -2.64. The molecule has 0 radical (unpaired) electrons. The van der Waals surface area contributed by atoms with Crippen molar-refractivity contribution in [1.82, 2.24) is 5.32 Å². The number of halogens is 1. The summed E-state index contributed by atoms with van der Waals surface area (Å²) in [5.74, 6) is 0.217. The summed E-state index contributed by atoms with van der Waals surface area (Å²) >= 11 is 0. The Bertz CT molecular complexity index is 332. The summed E-state index contributed by atoms with van der Waals surface area (Å²) in [5, 5.41) is 3.08. The summed E-state index contributed by atoms with van der Waals surface area (Å²) in [4.78, 5) is 12.2. The molecular formula is C14H27ClN2O3. The van der Waals surface area contributed by atoms with Crippen molar-refractivity contribution in [2.24, 2.45) is 17.1 Å². The summed E-state index contributed by atoms with van der Waals surface area (Å²) < 4.78 is 10.7. The highest BCUT2D eigenvalue weighted by Crippen LogP contribution is 2.42. The normalized spacial score (nSPS) is 30.8. The van der Waals surface area contributed by atoms with Crippen LogP contribution in [0.25, 0.3) is 0 Å². The Morgan fingerprint density at radius 3 is 2.50 bits per heavy atom. The highest BCUT2D eigenvalue weighted by molar-refractivity contribution is 5.85. The smallest absolute Gasteiger partial charge is 0.237 e. The third-order valence-electron chi connectivity index (χ3n) is 4.86. The molecule has 2 rings (SSSR count). The molecule has 1 heterocycles. The number of ether oxygens (including phenoxy) is 2. The fraction of sp³-hybridized carbons (Fsp3) is 0.929. The van der Waals surface area contributed by atoms with Crippen LogP contribution in [0.15, 0.2) is 0 Å². The number of methoxy groups -OCH3 is 1. The van der Waals surface area contributed by atoms with Gasteiger partial charge in [0, 0.05) is 31.8 Å². The molecular weight excluding hydrogens is 280 g/mol. The minimum atomic E-state index is -0.415. The fourth-order valence-corrected chi connectivity index (χ4v) is 3.09. The Labute approximate surface area is 127 Å². The second-order valence-electron chi connectivity index (χ2n) is 6.32. The van der Waals surface area contributed by atoms with Crippen molar-refractivity contribution in [2.75, 3.05) is 20.3 Å². The molecule has 3 N–H and O–H groups in total. The Morgan fingerprint density at radius 1 is 1.40 bits per heavy atom. The summed E-state index contributed by atoms with van der Waals surface area (Å²) in [5.41, 5.74) is 6.06. The van der Waals surface area contributed by atoms with E-state index in [4.69, 9.17) is 15.2 Å². The van der Waals surface area contributed by atoms with Gasteiger partial charge >= 0.3 is 0 Å². The first-order valence-electron chi connectivity index (χ1n) is 7.13. The van der Waals surface area contributed by atoms with Gasteiger partial charge in [-0.3, -0.25) is 4.79 Å². The van der Waals surface area contributed by atoms with Gasteiger partial charge in [-0.15, -0.1) is 12.4 Å². The average Bonchev–Trinajstić information content (AvgIpc) is 2.42. The zero-order valence-electron chi connectivity index (χ0n) is 12.6. The summed E-state index contributed by atoms with van der Waals surface area (Å²) in [6.07, 6.45) is 2.85. The molecule has 3 unspecified atom stereocenters. The van der Waals surface area contributed by atoms with Gasteiger partial charge in [-0.2, -0.15) is 0 Å². The van der Waals surface area contributed by atoms with E-state index in [1.165, 1.54) is 0 Å². The van der Waals surface area contributed by atoms with E-state index in [2.05, 4.69) is 19.2 Å². The zero-order chi connectivity index (χ0) is 14.0. The molecule has 1 aliphatic carbocycles. The molecule has 2 fully saturated rings. The highest BCUT2D eigenvalue weighted by atomic mass is 35.5. The number of carbonyl (C=O) groups is 1. The molecule has 118 valence electrons. The molecule has 6 heteroatoms. The molecule has 0 spiro atoms. The average molecular weight is 307 g/mol. The zero-order valence-corrected chi connectivity index (χ0v) is 13.4. The maximum Gasteiger partial charge on any atom is 0.237 e. The predicted molar refractivity (Wildman–Crippen MR) is 79.9 cm³/mol. The van der Waals surface area contributed by atoms with E-state index in [9.17, 15) is 4.79 Å². The first kappa shape index (κ1) is 17.7. The van der Waals surface area contributed by atoms with E-state index < -0.39 is 6.04 Å². The SMILES string of the molecule is COC1CC(NC(=O)C(N)C2CCOCC2)C1(C)C.Cl. The fourth-order valence-electron chi connectivity index (χ4n) is 3.09. The monoisotopic (exact) mass is 306 g/mol. The van der Waals surface area contributed by atoms with E-state index in [1.807, 2.05) is 0 Å². The molecule has 0 bridgehead atoms. The molecule has 1 saturated heterocycles. The van der Waals surface area contributed by atoms with Gasteiger partial charge in [0.25, 0.3) is 0 Å². The lowest BCUT2D eigenvalue weighted by Gasteiger charge is -2.51. The van der Waals surface area contributed by atoms with E-state index >= 15 is 0 Å². The molecule has 0 aromatic heterocycles. The van der Waals surface area contributed by atoms with Crippen LogP contribution in [0, 0.1) is 11.3 Å². The van der Waals surface area contributed by atoms with Crippen LogP contribution in [0.1, 0.15) is 33.1 Å². The van der Waals surface area contributed by atoms with Crippen molar-refractivity contribution in [3.8, 4) is 0 Å².